The molecule has 0 fully saturated rings. The number of anilines is 1. The molecule has 0 aliphatic heterocycles. The van der Waals surface area contributed by atoms with E-state index in [0.717, 1.165) is 0 Å². The number of carboxylic acid groups (broad SMARTS) is 1. The van der Waals surface area contributed by atoms with Gasteiger partial charge >= 0.3 is 12.1 Å². The average molecular weight is 346 g/mol. The lowest BCUT2D eigenvalue weighted by molar-refractivity contribution is 0.0527. The second-order valence-corrected chi connectivity index (χ2v) is 6.45. The molecule has 1 heterocycles. The molecule has 0 saturated heterocycles. The number of hydrogen-bond donors (Lipinski definition) is 3. The molecule has 0 unspecified atom stereocenters. The van der Waals surface area contributed by atoms with Gasteiger partial charge in [0, 0.05) is 18.5 Å². The third kappa shape index (κ3) is 5.30. The highest BCUT2D eigenvalue weighted by molar-refractivity contribution is 6.02. The number of benzene rings is 1. The number of carbonyl (C=O) groups is 2. The number of aromatic carboxylic acids is 1. The van der Waals surface area contributed by atoms with Crippen LogP contribution in [0.4, 0.5) is 10.5 Å². The van der Waals surface area contributed by atoms with Gasteiger partial charge in [-0.25, -0.2) is 9.59 Å². The number of carbonyl (C=O) groups excluding carboxylic acids is 1. The standard InChI is InChI=1S/C17H22N4O4/c1-17(2,3)25-16(24)19-10-6-9-18-13-11-7-4-5-8-12(11)20-21-14(13)15(22)23/h4-5,7-8H,6,9-10H2,1-3H3,(H,18,20)(H,19,24)(H,22,23). The highest BCUT2D eigenvalue weighted by Crippen LogP contribution is 2.24. The Balaban J connectivity index is 1.95. The first-order valence-corrected chi connectivity index (χ1v) is 7.97. The van der Waals surface area contributed by atoms with Crippen molar-refractivity contribution in [2.75, 3.05) is 18.4 Å². The van der Waals surface area contributed by atoms with Crippen LogP contribution in [0.3, 0.4) is 0 Å². The van der Waals surface area contributed by atoms with Gasteiger partial charge in [0.05, 0.1) is 11.2 Å². The summed E-state index contributed by atoms with van der Waals surface area (Å²) in [7, 11) is 0. The van der Waals surface area contributed by atoms with Gasteiger partial charge in [-0.3, -0.25) is 0 Å². The Labute approximate surface area is 145 Å². The molecular weight excluding hydrogens is 324 g/mol. The zero-order valence-corrected chi connectivity index (χ0v) is 14.5. The van der Waals surface area contributed by atoms with Crippen molar-refractivity contribution in [3.63, 3.8) is 0 Å². The molecule has 0 atom stereocenters. The van der Waals surface area contributed by atoms with Gasteiger partial charge in [-0.15, -0.1) is 10.2 Å². The summed E-state index contributed by atoms with van der Waals surface area (Å²) in [5.41, 5.74) is 0.372. The molecule has 8 nitrogen and oxygen atoms in total. The lowest BCUT2D eigenvalue weighted by atomic mass is 10.1. The molecule has 1 amide bonds. The molecule has 134 valence electrons. The van der Waals surface area contributed by atoms with Crippen LogP contribution in [0, 0.1) is 0 Å². The molecule has 0 radical (unpaired) electrons. The number of amides is 1. The summed E-state index contributed by atoms with van der Waals surface area (Å²) in [6.07, 6.45) is 0.115. The maximum absolute atomic E-state index is 11.6. The van der Waals surface area contributed by atoms with Gasteiger partial charge in [-0.05, 0) is 33.3 Å². The summed E-state index contributed by atoms with van der Waals surface area (Å²) in [6, 6.07) is 7.18. The Hall–Kier alpha value is -2.90. The van der Waals surface area contributed by atoms with Crippen molar-refractivity contribution in [2.45, 2.75) is 32.8 Å². The van der Waals surface area contributed by atoms with Gasteiger partial charge in [0.25, 0.3) is 0 Å². The second kappa shape index (κ2) is 7.78. The predicted octanol–water partition coefficient (Wildman–Crippen LogP) is 2.65. The van der Waals surface area contributed by atoms with Gasteiger partial charge in [0.1, 0.15) is 5.60 Å². The molecule has 2 aromatic rings. The Morgan fingerprint density at radius 2 is 1.88 bits per heavy atom. The third-order valence-corrected chi connectivity index (χ3v) is 3.19. The van der Waals surface area contributed by atoms with E-state index in [0.29, 0.717) is 36.1 Å². The van der Waals surface area contributed by atoms with E-state index < -0.39 is 17.7 Å². The van der Waals surface area contributed by atoms with Crippen molar-refractivity contribution in [3.8, 4) is 0 Å². The fraction of sp³-hybridized carbons (Fsp3) is 0.412. The molecule has 0 saturated carbocycles. The molecule has 0 aliphatic rings. The summed E-state index contributed by atoms with van der Waals surface area (Å²) < 4.78 is 5.14. The Morgan fingerprint density at radius 1 is 1.16 bits per heavy atom. The van der Waals surface area contributed by atoms with E-state index in [2.05, 4.69) is 20.8 Å². The normalized spacial score (nSPS) is 11.2. The topological polar surface area (TPSA) is 113 Å². The van der Waals surface area contributed by atoms with Crippen LogP contribution < -0.4 is 10.6 Å². The van der Waals surface area contributed by atoms with Crippen LogP contribution in [0.5, 0.6) is 0 Å². The van der Waals surface area contributed by atoms with E-state index in [1.807, 2.05) is 12.1 Å². The first-order valence-electron chi connectivity index (χ1n) is 7.97. The van der Waals surface area contributed by atoms with Crippen molar-refractivity contribution in [1.82, 2.24) is 15.5 Å². The molecule has 8 heteroatoms. The van der Waals surface area contributed by atoms with Gasteiger partial charge in [-0.2, -0.15) is 0 Å². The summed E-state index contributed by atoms with van der Waals surface area (Å²) in [5, 5.41) is 23.4. The van der Waals surface area contributed by atoms with E-state index in [9.17, 15) is 14.7 Å². The van der Waals surface area contributed by atoms with Crippen LogP contribution >= 0.6 is 0 Å². The highest BCUT2D eigenvalue weighted by atomic mass is 16.6. The fourth-order valence-electron chi connectivity index (χ4n) is 2.19. The number of fused-ring (bicyclic) bond motifs is 1. The van der Waals surface area contributed by atoms with Crippen LogP contribution in [0.15, 0.2) is 24.3 Å². The zero-order chi connectivity index (χ0) is 18.4. The number of ether oxygens (including phenoxy) is 1. The smallest absolute Gasteiger partial charge is 0.407 e. The van der Waals surface area contributed by atoms with Crippen LogP contribution in [0.25, 0.3) is 10.9 Å². The molecule has 1 aromatic carbocycles. The Morgan fingerprint density at radius 3 is 2.56 bits per heavy atom. The van der Waals surface area contributed by atoms with Crippen LogP contribution in [-0.4, -0.2) is 46.1 Å². The van der Waals surface area contributed by atoms with Crippen LogP contribution in [-0.2, 0) is 4.74 Å². The monoisotopic (exact) mass is 346 g/mol. The summed E-state index contributed by atoms with van der Waals surface area (Å²) in [6.45, 7) is 6.25. The Kier molecular flexibility index (Phi) is 5.74. The van der Waals surface area contributed by atoms with E-state index in [1.54, 1.807) is 32.9 Å². The van der Waals surface area contributed by atoms with Gasteiger partial charge < -0.3 is 20.5 Å². The molecule has 0 aliphatic carbocycles. The van der Waals surface area contributed by atoms with Crippen LogP contribution in [0.1, 0.15) is 37.7 Å². The first-order chi connectivity index (χ1) is 11.8. The maximum atomic E-state index is 11.6. The van der Waals surface area contributed by atoms with Crippen molar-refractivity contribution in [1.29, 1.82) is 0 Å². The number of alkyl carbamates (subject to hydrolysis) is 1. The van der Waals surface area contributed by atoms with E-state index >= 15 is 0 Å². The first kappa shape index (κ1) is 18.4. The number of hydrogen-bond acceptors (Lipinski definition) is 6. The van der Waals surface area contributed by atoms with Gasteiger partial charge in [0.15, 0.2) is 5.69 Å². The summed E-state index contributed by atoms with van der Waals surface area (Å²) in [5.74, 6) is -1.15. The minimum absolute atomic E-state index is 0.126. The van der Waals surface area contributed by atoms with E-state index in [-0.39, 0.29) is 5.69 Å². The predicted molar refractivity (Wildman–Crippen MR) is 93.8 cm³/mol. The maximum Gasteiger partial charge on any atom is 0.407 e. The molecule has 0 spiro atoms. The largest absolute Gasteiger partial charge is 0.476 e. The Bertz CT molecular complexity index is 771. The fourth-order valence-corrected chi connectivity index (χ4v) is 2.19. The molecule has 1 aromatic heterocycles. The number of nitrogens with zero attached hydrogens (tertiary/aromatic N) is 2. The molecule has 0 bridgehead atoms. The minimum Gasteiger partial charge on any atom is -0.476 e. The lowest BCUT2D eigenvalue weighted by Crippen LogP contribution is -2.33. The number of aromatic nitrogens is 2. The molecular formula is C17H22N4O4. The number of rotatable bonds is 6. The molecule has 2 rings (SSSR count). The van der Waals surface area contributed by atoms with Gasteiger partial charge in [0.2, 0.25) is 0 Å². The molecule has 25 heavy (non-hydrogen) atoms. The average Bonchev–Trinajstić information content (AvgIpc) is 2.52. The van der Waals surface area contributed by atoms with Crippen molar-refractivity contribution in [2.24, 2.45) is 0 Å². The van der Waals surface area contributed by atoms with Crippen molar-refractivity contribution in [3.05, 3.63) is 30.0 Å². The molecule has 3 N–H and O–H groups in total. The summed E-state index contributed by atoms with van der Waals surface area (Å²) in [4.78, 5) is 22.9. The third-order valence-electron chi connectivity index (χ3n) is 3.19. The van der Waals surface area contributed by atoms with E-state index in [4.69, 9.17) is 4.74 Å². The SMILES string of the molecule is CC(C)(C)OC(=O)NCCCNc1c(C(=O)O)nnc2ccccc12. The minimum atomic E-state index is -1.15. The number of carboxylic acids is 1. The zero-order valence-electron chi connectivity index (χ0n) is 14.5. The number of nitrogens with one attached hydrogen (secondary N) is 2. The highest BCUT2D eigenvalue weighted by Gasteiger charge is 2.17. The second-order valence-electron chi connectivity index (χ2n) is 6.45. The van der Waals surface area contributed by atoms with E-state index in [1.165, 1.54) is 0 Å². The lowest BCUT2D eigenvalue weighted by Gasteiger charge is -2.19. The van der Waals surface area contributed by atoms with Gasteiger partial charge in [-0.1, -0.05) is 18.2 Å². The van der Waals surface area contributed by atoms with Crippen molar-refractivity contribution >= 4 is 28.7 Å². The van der Waals surface area contributed by atoms with Crippen molar-refractivity contribution < 1.29 is 19.4 Å². The summed E-state index contributed by atoms with van der Waals surface area (Å²) >= 11 is 0. The van der Waals surface area contributed by atoms with Crippen LogP contribution in [0.2, 0.25) is 0 Å². The quantitative estimate of drug-likeness (QED) is 0.689.